The van der Waals surface area contributed by atoms with Gasteiger partial charge in [0.05, 0.1) is 11.2 Å². The van der Waals surface area contributed by atoms with E-state index in [4.69, 9.17) is 0 Å². The SMILES string of the molecule is CC1=CC(=O)C(=C(C)C)C[C@@H]2[C@@](C)(O)CC[C@]12O. The van der Waals surface area contributed by atoms with E-state index in [2.05, 4.69) is 0 Å². The van der Waals surface area contributed by atoms with Crippen LogP contribution in [0.4, 0.5) is 0 Å². The maximum atomic E-state index is 12.1. The highest BCUT2D eigenvalue weighted by Crippen LogP contribution is 2.51. The summed E-state index contributed by atoms with van der Waals surface area (Å²) >= 11 is 0. The van der Waals surface area contributed by atoms with Crippen molar-refractivity contribution >= 4 is 5.78 Å². The molecule has 2 N–H and O–H groups in total. The summed E-state index contributed by atoms with van der Waals surface area (Å²) in [5.41, 5.74) is 0.450. The van der Waals surface area contributed by atoms with Crippen LogP contribution in [-0.4, -0.2) is 27.2 Å². The Morgan fingerprint density at radius 3 is 2.50 bits per heavy atom. The maximum Gasteiger partial charge on any atom is 0.181 e. The number of allylic oxidation sites excluding steroid dienone is 3. The van der Waals surface area contributed by atoms with Crippen molar-refractivity contribution in [3.05, 3.63) is 22.8 Å². The van der Waals surface area contributed by atoms with Gasteiger partial charge in [-0.05, 0) is 64.2 Å². The van der Waals surface area contributed by atoms with Crippen LogP contribution in [0.3, 0.4) is 0 Å². The fourth-order valence-corrected chi connectivity index (χ4v) is 3.33. The van der Waals surface area contributed by atoms with Crippen LogP contribution < -0.4 is 0 Å². The number of carbonyl (C=O) groups excluding carboxylic acids is 1. The maximum absolute atomic E-state index is 12.1. The van der Waals surface area contributed by atoms with Gasteiger partial charge in [0.15, 0.2) is 5.78 Å². The summed E-state index contributed by atoms with van der Waals surface area (Å²) in [5.74, 6) is -0.316. The molecule has 3 heteroatoms. The quantitative estimate of drug-likeness (QED) is 0.648. The van der Waals surface area contributed by atoms with E-state index in [1.807, 2.05) is 13.8 Å². The van der Waals surface area contributed by atoms with Gasteiger partial charge in [-0.1, -0.05) is 5.57 Å². The molecule has 0 unspecified atom stereocenters. The van der Waals surface area contributed by atoms with E-state index in [0.29, 0.717) is 24.8 Å². The lowest BCUT2D eigenvalue weighted by Gasteiger charge is -2.35. The van der Waals surface area contributed by atoms with Gasteiger partial charge in [0.1, 0.15) is 0 Å². The molecule has 2 aliphatic rings. The Kier molecular flexibility index (Phi) is 3.03. The van der Waals surface area contributed by atoms with Crippen molar-refractivity contribution in [2.75, 3.05) is 0 Å². The van der Waals surface area contributed by atoms with E-state index in [1.165, 1.54) is 0 Å². The summed E-state index contributed by atoms with van der Waals surface area (Å²) in [6.45, 7) is 7.37. The number of hydrogen-bond donors (Lipinski definition) is 2. The lowest BCUT2D eigenvalue weighted by Crippen LogP contribution is -2.42. The van der Waals surface area contributed by atoms with Gasteiger partial charge in [-0.15, -0.1) is 0 Å². The van der Waals surface area contributed by atoms with E-state index >= 15 is 0 Å². The zero-order valence-corrected chi connectivity index (χ0v) is 11.6. The van der Waals surface area contributed by atoms with Crippen molar-refractivity contribution in [3.8, 4) is 0 Å². The first-order valence-corrected chi connectivity index (χ1v) is 6.52. The van der Waals surface area contributed by atoms with Crippen LogP contribution in [0.15, 0.2) is 22.8 Å². The molecule has 100 valence electrons. The second-order valence-corrected chi connectivity index (χ2v) is 6.21. The first-order valence-electron chi connectivity index (χ1n) is 6.52. The molecule has 3 nitrogen and oxygen atoms in total. The minimum absolute atomic E-state index is 0.0221. The molecule has 0 bridgehead atoms. The second-order valence-electron chi connectivity index (χ2n) is 6.21. The molecule has 0 aromatic heterocycles. The number of rotatable bonds is 0. The Balaban J connectivity index is 2.56. The van der Waals surface area contributed by atoms with Crippen molar-refractivity contribution < 1.29 is 15.0 Å². The average molecular weight is 250 g/mol. The van der Waals surface area contributed by atoms with Crippen molar-refractivity contribution in [1.29, 1.82) is 0 Å². The fraction of sp³-hybridized carbons (Fsp3) is 0.667. The molecule has 1 fully saturated rings. The summed E-state index contributed by atoms with van der Waals surface area (Å²) in [7, 11) is 0. The monoisotopic (exact) mass is 250 g/mol. The molecule has 0 saturated heterocycles. The van der Waals surface area contributed by atoms with Crippen molar-refractivity contribution in [3.63, 3.8) is 0 Å². The summed E-state index contributed by atoms with van der Waals surface area (Å²) in [4.78, 5) is 12.1. The molecule has 0 aromatic rings. The summed E-state index contributed by atoms with van der Waals surface area (Å²) in [6.07, 6.45) is 3.10. The van der Waals surface area contributed by atoms with Gasteiger partial charge >= 0.3 is 0 Å². The van der Waals surface area contributed by atoms with Crippen LogP contribution in [-0.2, 0) is 4.79 Å². The minimum atomic E-state index is -1.03. The molecule has 2 aliphatic carbocycles. The number of hydrogen-bond acceptors (Lipinski definition) is 3. The van der Waals surface area contributed by atoms with Crippen LogP contribution in [0.5, 0.6) is 0 Å². The zero-order chi connectivity index (χ0) is 13.7. The van der Waals surface area contributed by atoms with Crippen LogP contribution in [0.2, 0.25) is 0 Å². The van der Waals surface area contributed by atoms with Crippen LogP contribution in [0.1, 0.15) is 47.0 Å². The van der Waals surface area contributed by atoms with E-state index < -0.39 is 11.2 Å². The smallest absolute Gasteiger partial charge is 0.181 e. The fourth-order valence-electron chi connectivity index (χ4n) is 3.33. The Hall–Kier alpha value is -0.930. The highest BCUT2D eigenvalue weighted by molar-refractivity contribution is 6.05. The summed E-state index contributed by atoms with van der Waals surface area (Å²) in [6, 6.07) is 0. The zero-order valence-electron chi connectivity index (χ0n) is 11.6. The van der Waals surface area contributed by atoms with Gasteiger partial charge < -0.3 is 10.2 Å². The van der Waals surface area contributed by atoms with Crippen LogP contribution >= 0.6 is 0 Å². The molecule has 3 atom stereocenters. The average Bonchev–Trinajstić information content (AvgIpc) is 2.41. The van der Waals surface area contributed by atoms with Crippen molar-refractivity contribution in [2.45, 2.75) is 58.2 Å². The molecule has 0 spiro atoms. The number of ketones is 1. The number of aliphatic hydroxyl groups is 2. The molecule has 0 heterocycles. The van der Waals surface area contributed by atoms with Gasteiger partial charge in [0.2, 0.25) is 0 Å². The molecule has 18 heavy (non-hydrogen) atoms. The highest BCUT2D eigenvalue weighted by Gasteiger charge is 2.55. The first kappa shape index (κ1) is 13.5. The van der Waals surface area contributed by atoms with Crippen molar-refractivity contribution in [2.24, 2.45) is 5.92 Å². The molecule has 0 radical (unpaired) electrons. The molecule has 1 saturated carbocycles. The van der Waals surface area contributed by atoms with Gasteiger partial charge in [0, 0.05) is 5.92 Å². The Morgan fingerprint density at radius 1 is 1.33 bits per heavy atom. The Bertz CT molecular complexity index is 452. The molecule has 0 amide bonds. The Morgan fingerprint density at radius 2 is 1.94 bits per heavy atom. The predicted molar refractivity (Wildman–Crippen MR) is 70.1 cm³/mol. The van der Waals surface area contributed by atoms with Gasteiger partial charge in [0.25, 0.3) is 0 Å². The molecule has 0 aliphatic heterocycles. The Labute approximate surface area is 108 Å². The second kappa shape index (κ2) is 4.04. The van der Waals surface area contributed by atoms with Gasteiger partial charge in [-0.2, -0.15) is 0 Å². The van der Waals surface area contributed by atoms with E-state index in [9.17, 15) is 15.0 Å². The predicted octanol–water partition coefficient (Wildman–Crippen LogP) is 2.13. The number of carbonyl (C=O) groups is 1. The van der Waals surface area contributed by atoms with Gasteiger partial charge in [-0.3, -0.25) is 4.79 Å². The van der Waals surface area contributed by atoms with Crippen LogP contribution in [0, 0.1) is 5.92 Å². The number of fused-ring (bicyclic) bond motifs is 1. The topological polar surface area (TPSA) is 57.5 Å². The largest absolute Gasteiger partial charge is 0.390 e. The minimum Gasteiger partial charge on any atom is -0.390 e. The first-order chi connectivity index (χ1) is 8.18. The van der Waals surface area contributed by atoms with Crippen LogP contribution in [0.25, 0.3) is 0 Å². The van der Waals surface area contributed by atoms with E-state index in [1.54, 1.807) is 19.9 Å². The third kappa shape index (κ3) is 1.86. The molecular formula is C15H22O3. The molecular weight excluding hydrogens is 228 g/mol. The van der Waals surface area contributed by atoms with Gasteiger partial charge in [-0.25, -0.2) is 0 Å². The molecule has 0 aromatic carbocycles. The lowest BCUT2D eigenvalue weighted by atomic mass is 9.77. The highest BCUT2D eigenvalue weighted by atomic mass is 16.3. The molecule has 2 rings (SSSR count). The normalized spacial score (nSPS) is 40.3. The summed E-state index contributed by atoms with van der Waals surface area (Å²) < 4.78 is 0. The third-order valence-electron chi connectivity index (χ3n) is 4.68. The van der Waals surface area contributed by atoms with E-state index in [0.717, 1.165) is 11.1 Å². The summed E-state index contributed by atoms with van der Waals surface area (Å²) in [5, 5.41) is 21.3. The third-order valence-corrected chi connectivity index (χ3v) is 4.68. The van der Waals surface area contributed by atoms with E-state index in [-0.39, 0.29) is 11.7 Å². The standard InChI is InChI=1S/C15H22O3/c1-9(2)11-8-13-14(4,17)5-6-15(13,18)10(3)7-12(11)16/h7,13,17-18H,5-6,8H2,1-4H3/t13-,14+,15+/m1/s1. The lowest BCUT2D eigenvalue weighted by molar-refractivity contribution is -0.111. The van der Waals surface area contributed by atoms with Crippen molar-refractivity contribution in [1.82, 2.24) is 0 Å².